The molecule has 80 valence electrons. The van der Waals surface area contributed by atoms with Crippen LogP contribution in [0.25, 0.3) is 0 Å². The van der Waals surface area contributed by atoms with Gasteiger partial charge in [-0.1, -0.05) is 0 Å². The van der Waals surface area contributed by atoms with Crippen LogP contribution >= 0.6 is 0 Å². The number of allylic oxidation sites excluding steroid dienone is 1. The highest BCUT2D eigenvalue weighted by Gasteiger charge is 2.04. The standard InChI is InChI=1S/C11H10N4O/c16-11(9-3-1-5-12-7-9)15-14-10-4-2-6-13-8-10/h1-7H,8H2,(H,15,16). The van der Waals surface area contributed by atoms with Gasteiger partial charge in [-0.05, 0) is 24.3 Å². The molecule has 1 N–H and O–H groups in total. The molecule has 0 unspecified atom stereocenters. The molecule has 0 atom stereocenters. The largest absolute Gasteiger partial charge is 0.287 e. The monoisotopic (exact) mass is 214 g/mol. The van der Waals surface area contributed by atoms with Crippen LogP contribution in [0.4, 0.5) is 0 Å². The molecule has 0 aliphatic carbocycles. The molecular weight excluding hydrogens is 204 g/mol. The summed E-state index contributed by atoms with van der Waals surface area (Å²) >= 11 is 0. The molecule has 5 nitrogen and oxygen atoms in total. The van der Waals surface area contributed by atoms with Gasteiger partial charge in [0.25, 0.3) is 5.91 Å². The first-order valence-electron chi connectivity index (χ1n) is 4.80. The van der Waals surface area contributed by atoms with E-state index in [0.29, 0.717) is 12.1 Å². The number of carbonyl (C=O) groups excluding carboxylic acids is 1. The fourth-order valence-electron chi connectivity index (χ4n) is 1.17. The first-order chi connectivity index (χ1) is 7.86. The van der Waals surface area contributed by atoms with Gasteiger partial charge in [0.15, 0.2) is 0 Å². The fourth-order valence-corrected chi connectivity index (χ4v) is 1.17. The lowest BCUT2D eigenvalue weighted by molar-refractivity contribution is 0.0954. The van der Waals surface area contributed by atoms with E-state index in [2.05, 4.69) is 20.5 Å². The van der Waals surface area contributed by atoms with Gasteiger partial charge in [0, 0.05) is 18.6 Å². The lowest BCUT2D eigenvalue weighted by atomic mass is 10.3. The maximum Gasteiger partial charge on any atom is 0.272 e. The smallest absolute Gasteiger partial charge is 0.272 e. The van der Waals surface area contributed by atoms with E-state index in [1.165, 1.54) is 6.20 Å². The van der Waals surface area contributed by atoms with Crippen LogP contribution in [0.15, 0.2) is 46.8 Å². The Morgan fingerprint density at radius 3 is 3.12 bits per heavy atom. The maximum absolute atomic E-state index is 11.6. The average Bonchev–Trinajstić information content (AvgIpc) is 2.38. The molecule has 0 saturated carbocycles. The number of dihydropyridines is 1. The van der Waals surface area contributed by atoms with E-state index >= 15 is 0 Å². The minimum atomic E-state index is -0.274. The Hall–Kier alpha value is -2.30. The molecule has 1 aliphatic heterocycles. The van der Waals surface area contributed by atoms with E-state index in [1.807, 2.05) is 0 Å². The third-order valence-corrected chi connectivity index (χ3v) is 1.96. The van der Waals surface area contributed by atoms with Crippen molar-refractivity contribution in [2.45, 2.75) is 0 Å². The van der Waals surface area contributed by atoms with Crippen molar-refractivity contribution in [3.8, 4) is 0 Å². The molecule has 1 amide bonds. The molecule has 0 fully saturated rings. The first-order valence-corrected chi connectivity index (χ1v) is 4.80. The number of aromatic nitrogens is 1. The Morgan fingerprint density at radius 1 is 1.50 bits per heavy atom. The van der Waals surface area contributed by atoms with Gasteiger partial charge in [0.1, 0.15) is 0 Å². The van der Waals surface area contributed by atoms with E-state index in [1.54, 1.807) is 36.7 Å². The Bertz CT molecular complexity index is 462. The summed E-state index contributed by atoms with van der Waals surface area (Å²) < 4.78 is 0. The van der Waals surface area contributed by atoms with Crippen LogP contribution in [-0.4, -0.2) is 29.4 Å². The summed E-state index contributed by atoms with van der Waals surface area (Å²) in [6.45, 7) is 0.490. The Balaban J connectivity index is 1.99. The van der Waals surface area contributed by atoms with Gasteiger partial charge < -0.3 is 0 Å². The summed E-state index contributed by atoms with van der Waals surface area (Å²) in [6.07, 6.45) is 8.38. The van der Waals surface area contributed by atoms with Crippen LogP contribution in [0.2, 0.25) is 0 Å². The van der Waals surface area contributed by atoms with E-state index in [-0.39, 0.29) is 5.91 Å². The normalized spacial score (nSPS) is 16.4. The van der Waals surface area contributed by atoms with E-state index < -0.39 is 0 Å². The second kappa shape index (κ2) is 4.97. The molecule has 0 aromatic carbocycles. The van der Waals surface area contributed by atoms with Gasteiger partial charge >= 0.3 is 0 Å². The first kappa shape index (κ1) is 10.2. The Labute approximate surface area is 92.6 Å². The second-order valence-corrected chi connectivity index (χ2v) is 3.13. The second-order valence-electron chi connectivity index (χ2n) is 3.13. The number of nitrogens with one attached hydrogen (secondary N) is 1. The van der Waals surface area contributed by atoms with Crippen molar-refractivity contribution in [1.29, 1.82) is 0 Å². The van der Waals surface area contributed by atoms with Crippen molar-refractivity contribution < 1.29 is 4.79 Å². The molecule has 0 spiro atoms. The summed E-state index contributed by atoms with van der Waals surface area (Å²) in [5.74, 6) is -0.274. The van der Waals surface area contributed by atoms with Gasteiger partial charge in [-0.3, -0.25) is 14.8 Å². The number of rotatable bonds is 2. The topological polar surface area (TPSA) is 66.7 Å². The zero-order valence-electron chi connectivity index (χ0n) is 8.50. The number of hydrogen-bond acceptors (Lipinski definition) is 4. The number of hydrazone groups is 1. The van der Waals surface area contributed by atoms with Gasteiger partial charge in [0.2, 0.25) is 0 Å². The molecule has 0 bridgehead atoms. The molecule has 1 aliphatic rings. The van der Waals surface area contributed by atoms with Crippen molar-refractivity contribution in [2.75, 3.05) is 6.54 Å². The molecule has 1 aromatic rings. The molecule has 1 aromatic heterocycles. The van der Waals surface area contributed by atoms with Crippen LogP contribution < -0.4 is 5.43 Å². The SMILES string of the molecule is O=C(NN=C1C=CC=NC1)c1cccnc1. The van der Waals surface area contributed by atoms with Crippen molar-refractivity contribution >= 4 is 17.8 Å². The molecule has 2 rings (SSSR count). The summed E-state index contributed by atoms with van der Waals surface area (Å²) in [7, 11) is 0. The molecule has 0 radical (unpaired) electrons. The number of carbonyl (C=O) groups is 1. The highest BCUT2D eigenvalue weighted by molar-refractivity contribution is 6.03. The summed E-state index contributed by atoms with van der Waals surface area (Å²) in [5, 5.41) is 3.95. The van der Waals surface area contributed by atoms with Crippen LogP contribution in [0, 0.1) is 0 Å². The van der Waals surface area contributed by atoms with Crippen molar-refractivity contribution in [3.63, 3.8) is 0 Å². The molecule has 16 heavy (non-hydrogen) atoms. The van der Waals surface area contributed by atoms with Crippen molar-refractivity contribution in [2.24, 2.45) is 10.1 Å². The summed E-state index contributed by atoms with van der Waals surface area (Å²) in [5.41, 5.74) is 3.66. The average molecular weight is 214 g/mol. The quantitative estimate of drug-likeness (QED) is 0.740. The third kappa shape index (κ3) is 2.60. The number of nitrogens with zero attached hydrogens (tertiary/aromatic N) is 3. The van der Waals surface area contributed by atoms with Gasteiger partial charge in [-0.15, -0.1) is 0 Å². The summed E-state index contributed by atoms with van der Waals surface area (Å²) in [6, 6.07) is 3.38. The Kier molecular flexibility index (Phi) is 3.18. The number of hydrogen-bond donors (Lipinski definition) is 1. The predicted octanol–water partition coefficient (Wildman–Crippen LogP) is 0.808. The molecule has 5 heteroatoms. The van der Waals surface area contributed by atoms with E-state index in [4.69, 9.17) is 0 Å². The minimum Gasteiger partial charge on any atom is -0.287 e. The van der Waals surface area contributed by atoms with Gasteiger partial charge in [-0.25, -0.2) is 5.43 Å². The van der Waals surface area contributed by atoms with Crippen LogP contribution in [0.3, 0.4) is 0 Å². The van der Waals surface area contributed by atoms with Gasteiger partial charge in [0.05, 0.1) is 17.8 Å². The molecular formula is C11H10N4O. The molecule has 0 saturated heterocycles. The number of amides is 1. The van der Waals surface area contributed by atoms with Crippen LogP contribution in [0.1, 0.15) is 10.4 Å². The number of aliphatic imine (C=N–C) groups is 1. The highest BCUT2D eigenvalue weighted by atomic mass is 16.2. The van der Waals surface area contributed by atoms with Crippen molar-refractivity contribution in [3.05, 3.63) is 42.2 Å². The van der Waals surface area contributed by atoms with Crippen molar-refractivity contribution in [1.82, 2.24) is 10.4 Å². The van der Waals surface area contributed by atoms with Crippen LogP contribution in [0.5, 0.6) is 0 Å². The maximum atomic E-state index is 11.6. The fraction of sp³-hybridized carbons (Fsp3) is 0.0909. The molecule has 2 heterocycles. The minimum absolute atomic E-state index is 0.274. The zero-order chi connectivity index (χ0) is 11.2. The van der Waals surface area contributed by atoms with E-state index in [9.17, 15) is 4.79 Å². The summed E-state index contributed by atoms with van der Waals surface area (Å²) in [4.78, 5) is 19.4. The third-order valence-electron chi connectivity index (χ3n) is 1.96. The lowest BCUT2D eigenvalue weighted by Gasteiger charge is -2.02. The zero-order valence-corrected chi connectivity index (χ0v) is 8.50. The predicted molar refractivity (Wildman–Crippen MR) is 61.6 cm³/mol. The Morgan fingerprint density at radius 2 is 2.44 bits per heavy atom. The highest BCUT2D eigenvalue weighted by Crippen LogP contribution is 1.95. The van der Waals surface area contributed by atoms with E-state index in [0.717, 1.165) is 5.71 Å². The van der Waals surface area contributed by atoms with Crippen LogP contribution in [-0.2, 0) is 0 Å². The lowest BCUT2D eigenvalue weighted by Crippen LogP contribution is -2.20. The van der Waals surface area contributed by atoms with Gasteiger partial charge in [-0.2, -0.15) is 5.10 Å². The number of pyridine rings is 1.